The predicted octanol–water partition coefficient (Wildman–Crippen LogP) is 2.00. The number of aryl methyl sites for hydroxylation is 2. The van der Waals surface area contributed by atoms with Gasteiger partial charge in [-0.25, -0.2) is 14.5 Å². The molecule has 7 heteroatoms. The van der Waals surface area contributed by atoms with E-state index in [1.165, 1.54) is 17.7 Å². The van der Waals surface area contributed by atoms with Crippen LogP contribution in [-0.2, 0) is 17.9 Å². The molecule has 19 heavy (non-hydrogen) atoms. The Labute approximate surface area is 115 Å². The molecule has 0 unspecified atom stereocenters. The first-order chi connectivity index (χ1) is 9.11. The van der Waals surface area contributed by atoms with Crippen LogP contribution in [0.25, 0.3) is 0 Å². The number of hydrogen-bond donors (Lipinski definition) is 1. The van der Waals surface area contributed by atoms with Gasteiger partial charge in [-0.3, -0.25) is 0 Å². The van der Waals surface area contributed by atoms with E-state index < -0.39 is 0 Å². The van der Waals surface area contributed by atoms with E-state index in [-0.39, 0.29) is 12.6 Å². The van der Waals surface area contributed by atoms with Gasteiger partial charge in [-0.15, -0.1) is 11.3 Å². The number of rotatable bonds is 5. The third-order valence-electron chi connectivity index (χ3n) is 2.62. The van der Waals surface area contributed by atoms with E-state index in [4.69, 9.17) is 10.5 Å². The molecule has 2 aromatic rings. The summed E-state index contributed by atoms with van der Waals surface area (Å²) in [6, 6.07) is 1.64. The Bertz CT molecular complexity index is 557. The average Bonchev–Trinajstić information content (AvgIpc) is 2.95. The molecule has 2 aromatic heterocycles. The lowest BCUT2D eigenvalue weighted by molar-refractivity contribution is 0.0462. The van der Waals surface area contributed by atoms with Gasteiger partial charge in [-0.2, -0.15) is 5.10 Å². The van der Waals surface area contributed by atoms with E-state index in [0.29, 0.717) is 16.4 Å². The first-order valence-corrected chi connectivity index (χ1v) is 6.83. The summed E-state index contributed by atoms with van der Waals surface area (Å²) >= 11 is 1.33. The van der Waals surface area contributed by atoms with Crippen molar-refractivity contribution in [2.75, 3.05) is 5.73 Å². The van der Waals surface area contributed by atoms with Crippen LogP contribution in [0.15, 0.2) is 12.4 Å². The molecular weight excluding hydrogens is 264 g/mol. The number of nitrogens with two attached hydrogens (primary N) is 1. The van der Waals surface area contributed by atoms with Crippen LogP contribution in [0.2, 0.25) is 0 Å². The van der Waals surface area contributed by atoms with Gasteiger partial charge < -0.3 is 10.5 Å². The second-order valence-electron chi connectivity index (χ2n) is 4.10. The van der Waals surface area contributed by atoms with Crippen LogP contribution in [0.1, 0.15) is 33.7 Å². The predicted molar refractivity (Wildman–Crippen MR) is 72.9 cm³/mol. The zero-order valence-corrected chi connectivity index (χ0v) is 11.7. The largest absolute Gasteiger partial charge is 0.453 e. The highest BCUT2D eigenvalue weighted by Crippen LogP contribution is 2.24. The minimum atomic E-state index is -0.379. The molecule has 0 atom stereocenters. The third kappa shape index (κ3) is 3.11. The maximum absolute atomic E-state index is 11.8. The van der Waals surface area contributed by atoms with Crippen LogP contribution in [-0.4, -0.2) is 20.7 Å². The molecule has 0 aliphatic rings. The molecule has 2 heterocycles. The van der Waals surface area contributed by atoms with Gasteiger partial charge in [-0.1, -0.05) is 6.92 Å². The Morgan fingerprint density at radius 1 is 1.58 bits per heavy atom. The van der Waals surface area contributed by atoms with Crippen LogP contribution >= 0.6 is 11.3 Å². The summed E-state index contributed by atoms with van der Waals surface area (Å²) in [4.78, 5) is 17.4. The Balaban J connectivity index is 1.98. The summed E-state index contributed by atoms with van der Waals surface area (Å²) in [5.41, 5.74) is 6.33. The maximum atomic E-state index is 11.8. The quantitative estimate of drug-likeness (QED) is 0.847. The van der Waals surface area contributed by atoms with Crippen LogP contribution in [0, 0.1) is 6.92 Å². The van der Waals surface area contributed by atoms with Crippen molar-refractivity contribution in [3.63, 3.8) is 0 Å². The van der Waals surface area contributed by atoms with Gasteiger partial charge in [0, 0.05) is 17.1 Å². The lowest BCUT2D eigenvalue weighted by atomic mass is 10.4. The number of nitrogens with zero attached hydrogens (tertiary/aromatic N) is 3. The van der Waals surface area contributed by atoms with E-state index in [9.17, 15) is 4.79 Å². The molecule has 0 fully saturated rings. The van der Waals surface area contributed by atoms with Crippen molar-refractivity contribution >= 4 is 23.0 Å². The second kappa shape index (κ2) is 5.83. The van der Waals surface area contributed by atoms with Gasteiger partial charge in [0.2, 0.25) is 0 Å². The van der Waals surface area contributed by atoms with E-state index in [2.05, 4.69) is 17.0 Å². The highest BCUT2D eigenvalue weighted by molar-refractivity contribution is 7.14. The number of ether oxygens (including phenoxy) is 1. The summed E-state index contributed by atoms with van der Waals surface area (Å²) in [7, 11) is 0. The van der Waals surface area contributed by atoms with Crippen LogP contribution < -0.4 is 5.73 Å². The number of thiophene rings is 1. The fraction of sp³-hybridized carbons (Fsp3) is 0.417. The summed E-state index contributed by atoms with van der Waals surface area (Å²) < 4.78 is 6.96. The van der Waals surface area contributed by atoms with Crippen LogP contribution in [0.3, 0.4) is 0 Å². The number of aromatic nitrogens is 3. The smallest absolute Gasteiger partial charge is 0.348 e. The van der Waals surface area contributed by atoms with Crippen molar-refractivity contribution in [2.45, 2.75) is 33.4 Å². The van der Waals surface area contributed by atoms with Crippen molar-refractivity contribution in [1.82, 2.24) is 14.8 Å². The Morgan fingerprint density at radius 2 is 2.37 bits per heavy atom. The lowest BCUT2D eigenvalue weighted by Crippen LogP contribution is -2.10. The second-order valence-corrected chi connectivity index (χ2v) is 5.35. The maximum Gasteiger partial charge on any atom is 0.348 e. The van der Waals surface area contributed by atoms with Crippen molar-refractivity contribution in [3.05, 3.63) is 28.0 Å². The number of esters is 1. The first kappa shape index (κ1) is 13.5. The van der Waals surface area contributed by atoms with Crippen molar-refractivity contribution in [1.29, 1.82) is 0 Å². The number of carbonyl (C=O) groups is 1. The molecule has 0 aliphatic heterocycles. The van der Waals surface area contributed by atoms with Gasteiger partial charge in [0.1, 0.15) is 11.2 Å². The molecule has 6 nitrogen and oxygen atoms in total. The van der Waals surface area contributed by atoms with Crippen LogP contribution in [0.5, 0.6) is 0 Å². The van der Waals surface area contributed by atoms with Gasteiger partial charge in [0.05, 0.1) is 0 Å². The molecule has 0 saturated carbocycles. The lowest BCUT2D eigenvalue weighted by Gasteiger charge is -2.05. The van der Waals surface area contributed by atoms with Crippen molar-refractivity contribution < 1.29 is 9.53 Å². The zero-order valence-electron chi connectivity index (χ0n) is 10.9. The van der Waals surface area contributed by atoms with Crippen molar-refractivity contribution in [2.24, 2.45) is 0 Å². The topological polar surface area (TPSA) is 83.0 Å². The molecule has 2 rings (SSSR count). The number of hydrogen-bond acceptors (Lipinski definition) is 6. The van der Waals surface area contributed by atoms with E-state index in [0.717, 1.165) is 17.8 Å². The molecular formula is C12H16N4O2S. The Morgan fingerprint density at radius 3 is 3.00 bits per heavy atom. The number of carbonyl (C=O) groups excluding carboxylic acids is 1. The minimum absolute atomic E-state index is 0.121. The summed E-state index contributed by atoms with van der Waals surface area (Å²) in [6.07, 6.45) is 2.41. The van der Waals surface area contributed by atoms with E-state index >= 15 is 0 Å². The Hall–Kier alpha value is -1.89. The zero-order chi connectivity index (χ0) is 13.8. The average molecular weight is 280 g/mol. The molecule has 0 aliphatic carbocycles. The molecule has 0 spiro atoms. The summed E-state index contributed by atoms with van der Waals surface area (Å²) in [5.74, 6) is 0.271. The minimum Gasteiger partial charge on any atom is -0.453 e. The SMILES string of the molecule is CCCn1ncnc1COC(=O)c1cc(N)c(C)s1. The number of anilines is 1. The molecule has 0 amide bonds. The molecule has 2 N–H and O–H groups in total. The molecule has 0 saturated heterocycles. The van der Waals surface area contributed by atoms with Gasteiger partial charge in [-0.05, 0) is 19.4 Å². The van der Waals surface area contributed by atoms with E-state index in [1.807, 2.05) is 6.92 Å². The van der Waals surface area contributed by atoms with E-state index in [1.54, 1.807) is 10.7 Å². The fourth-order valence-electron chi connectivity index (χ4n) is 1.60. The molecule has 0 radical (unpaired) electrons. The summed E-state index contributed by atoms with van der Waals surface area (Å²) in [6.45, 7) is 4.80. The monoisotopic (exact) mass is 280 g/mol. The molecule has 0 bridgehead atoms. The van der Waals surface area contributed by atoms with Gasteiger partial charge in [0.25, 0.3) is 0 Å². The standard InChI is InChI=1S/C12H16N4O2S/c1-3-4-16-11(14-7-15-16)6-18-12(17)10-5-9(13)8(2)19-10/h5,7H,3-4,6,13H2,1-2H3. The van der Waals surface area contributed by atoms with Crippen LogP contribution in [0.4, 0.5) is 5.69 Å². The normalized spacial score (nSPS) is 10.6. The van der Waals surface area contributed by atoms with Gasteiger partial charge >= 0.3 is 5.97 Å². The summed E-state index contributed by atoms with van der Waals surface area (Å²) in [5, 5.41) is 4.07. The fourth-order valence-corrected chi connectivity index (χ4v) is 2.43. The van der Waals surface area contributed by atoms with Gasteiger partial charge in [0.15, 0.2) is 12.4 Å². The first-order valence-electron chi connectivity index (χ1n) is 6.01. The highest BCUT2D eigenvalue weighted by Gasteiger charge is 2.14. The third-order valence-corrected chi connectivity index (χ3v) is 3.67. The van der Waals surface area contributed by atoms with Crippen molar-refractivity contribution in [3.8, 4) is 0 Å². The Kier molecular flexibility index (Phi) is 4.16. The highest BCUT2D eigenvalue weighted by atomic mass is 32.1. The number of nitrogen functional groups attached to an aromatic ring is 1. The molecule has 0 aromatic carbocycles. The molecule has 102 valence electrons.